The molecule has 1 fully saturated rings. The highest BCUT2D eigenvalue weighted by Crippen LogP contribution is 2.27. The molecule has 0 atom stereocenters. The number of piperidine rings is 1. The summed E-state index contributed by atoms with van der Waals surface area (Å²) < 4.78 is 1.01. The van der Waals surface area contributed by atoms with E-state index >= 15 is 0 Å². The van der Waals surface area contributed by atoms with E-state index in [9.17, 15) is 4.79 Å². The molecule has 0 saturated carbocycles. The maximum Gasteiger partial charge on any atom is 0.217 e. The van der Waals surface area contributed by atoms with E-state index < -0.39 is 0 Å². The van der Waals surface area contributed by atoms with Crippen LogP contribution in [0.25, 0.3) is 0 Å². The summed E-state index contributed by atoms with van der Waals surface area (Å²) in [5.74, 6) is 1.30. The summed E-state index contributed by atoms with van der Waals surface area (Å²) in [4.78, 5) is 17.7. The van der Waals surface area contributed by atoms with Gasteiger partial charge in [0.15, 0.2) is 0 Å². The Bertz CT molecular complexity index is 442. The summed E-state index contributed by atoms with van der Waals surface area (Å²) in [5.41, 5.74) is 6.42. The Morgan fingerprint density at radius 1 is 1.56 bits per heavy atom. The van der Waals surface area contributed by atoms with Gasteiger partial charge in [0.1, 0.15) is 5.82 Å². The fraction of sp³-hybridized carbons (Fsp3) is 0.538. The fourth-order valence-electron chi connectivity index (χ4n) is 2.50. The minimum atomic E-state index is -0.189. The molecule has 0 bridgehead atoms. The van der Waals surface area contributed by atoms with Crippen LogP contribution in [0.3, 0.4) is 0 Å². The molecular formula is C13H18BrN3O. The van der Waals surface area contributed by atoms with Crippen LogP contribution in [0, 0.1) is 12.8 Å². The largest absolute Gasteiger partial charge is 0.370 e. The maximum atomic E-state index is 10.9. The van der Waals surface area contributed by atoms with Gasteiger partial charge in [0.2, 0.25) is 5.91 Å². The van der Waals surface area contributed by atoms with Crippen molar-refractivity contribution in [3.05, 3.63) is 22.3 Å². The van der Waals surface area contributed by atoms with Crippen molar-refractivity contribution in [2.24, 2.45) is 11.7 Å². The van der Waals surface area contributed by atoms with Crippen molar-refractivity contribution in [2.75, 3.05) is 18.0 Å². The van der Waals surface area contributed by atoms with E-state index in [-0.39, 0.29) is 5.91 Å². The van der Waals surface area contributed by atoms with Gasteiger partial charge in [0.25, 0.3) is 0 Å². The second-order valence-electron chi connectivity index (χ2n) is 4.89. The van der Waals surface area contributed by atoms with Gasteiger partial charge in [-0.15, -0.1) is 0 Å². The minimum Gasteiger partial charge on any atom is -0.370 e. The van der Waals surface area contributed by atoms with Gasteiger partial charge in [-0.2, -0.15) is 0 Å². The van der Waals surface area contributed by atoms with E-state index in [0.29, 0.717) is 12.3 Å². The van der Waals surface area contributed by atoms with Crippen molar-refractivity contribution in [2.45, 2.75) is 26.2 Å². The van der Waals surface area contributed by atoms with E-state index in [0.717, 1.165) is 36.2 Å². The Morgan fingerprint density at radius 2 is 2.22 bits per heavy atom. The van der Waals surface area contributed by atoms with Gasteiger partial charge in [0.05, 0.1) is 0 Å². The first-order valence-electron chi connectivity index (χ1n) is 6.21. The van der Waals surface area contributed by atoms with E-state index in [1.165, 1.54) is 5.56 Å². The summed E-state index contributed by atoms with van der Waals surface area (Å²) in [6.45, 7) is 3.98. The Balaban J connectivity index is 1.99. The summed E-state index contributed by atoms with van der Waals surface area (Å²) in [7, 11) is 0. The number of amides is 1. The molecule has 2 heterocycles. The monoisotopic (exact) mass is 311 g/mol. The first-order chi connectivity index (χ1) is 8.56. The molecule has 18 heavy (non-hydrogen) atoms. The number of primary amides is 1. The molecule has 1 aromatic rings. The van der Waals surface area contributed by atoms with E-state index in [1.54, 1.807) is 0 Å². The van der Waals surface area contributed by atoms with Crippen LogP contribution < -0.4 is 10.6 Å². The molecule has 5 heteroatoms. The predicted molar refractivity (Wildman–Crippen MR) is 75.4 cm³/mol. The summed E-state index contributed by atoms with van der Waals surface area (Å²) in [6.07, 6.45) is 4.37. The molecule has 2 rings (SSSR count). The number of hydrogen-bond acceptors (Lipinski definition) is 3. The Morgan fingerprint density at radius 3 is 2.78 bits per heavy atom. The maximum absolute atomic E-state index is 10.9. The van der Waals surface area contributed by atoms with Gasteiger partial charge < -0.3 is 10.6 Å². The Kier molecular flexibility index (Phi) is 4.22. The van der Waals surface area contributed by atoms with Crippen LogP contribution in [0.5, 0.6) is 0 Å². The van der Waals surface area contributed by atoms with Crippen molar-refractivity contribution in [1.82, 2.24) is 4.98 Å². The van der Waals surface area contributed by atoms with Crippen LogP contribution >= 0.6 is 15.9 Å². The highest BCUT2D eigenvalue weighted by molar-refractivity contribution is 9.10. The van der Waals surface area contributed by atoms with Crippen molar-refractivity contribution in [3.8, 4) is 0 Å². The predicted octanol–water partition coefficient (Wildman–Crippen LogP) is 2.24. The lowest BCUT2D eigenvalue weighted by molar-refractivity contribution is -0.119. The van der Waals surface area contributed by atoms with Crippen LogP contribution in [0.1, 0.15) is 24.8 Å². The topological polar surface area (TPSA) is 59.2 Å². The zero-order chi connectivity index (χ0) is 13.1. The quantitative estimate of drug-likeness (QED) is 0.931. The Labute approximate surface area is 116 Å². The lowest BCUT2D eigenvalue weighted by Crippen LogP contribution is -2.36. The number of nitrogens with zero attached hydrogens (tertiary/aromatic N) is 2. The second-order valence-corrected chi connectivity index (χ2v) is 5.81. The normalized spacial score (nSPS) is 16.9. The Hall–Kier alpha value is -1.10. The van der Waals surface area contributed by atoms with Gasteiger partial charge >= 0.3 is 0 Å². The van der Waals surface area contributed by atoms with Crippen molar-refractivity contribution < 1.29 is 4.79 Å². The van der Waals surface area contributed by atoms with Crippen LogP contribution in [0.2, 0.25) is 0 Å². The standard InChI is InChI=1S/C13H18BrN3O/c1-9-6-11(14)8-16-13(9)17-4-2-10(3-5-17)7-12(15)18/h6,8,10H,2-5,7H2,1H3,(H2,15,18). The van der Waals surface area contributed by atoms with Crippen LogP contribution in [0.4, 0.5) is 5.82 Å². The van der Waals surface area contributed by atoms with Gasteiger partial charge in [0, 0.05) is 30.2 Å². The third-order valence-electron chi connectivity index (χ3n) is 3.42. The average molecular weight is 312 g/mol. The van der Waals surface area contributed by atoms with E-state index in [4.69, 9.17) is 5.73 Å². The summed E-state index contributed by atoms with van der Waals surface area (Å²) in [5, 5.41) is 0. The molecule has 0 unspecified atom stereocenters. The van der Waals surface area contributed by atoms with Crippen molar-refractivity contribution in [1.29, 1.82) is 0 Å². The molecule has 1 aromatic heterocycles. The molecular weight excluding hydrogens is 294 g/mol. The molecule has 2 N–H and O–H groups in total. The number of halogens is 1. The van der Waals surface area contributed by atoms with Crippen LogP contribution in [-0.2, 0) is 4.79 Å². The number of aromatic nitrogens is 1. The highest BCUT2D eigenvalue weighted by Gasteiger charge is 2.22. The van der Waals surface area contributed by atoms with Gasteiger partial charge in [-0.25, -0.2) is 4.98 Å². The third-order valence-corrected chi connectivity index (χ3v) is 3.85. The molecule has 1 aliphatic heterocycles. The number of rotatable bonds is 3. The van der Waals surface area contributed by atoms with E-state index in [2.05, 4.69) is 38.8 Å². The number of hydrogen-bond donors (Lipinski definition) is 1. The first kappa shape index (κ1) is 13.3. The SMILES string of the molecule is Cc1cc(Br)cnc1N1CCC(CC(N)=O)CC1. The molecule has 0 spiro atoms. The summed E-state index contributed by atoms with van der Waals surface area (Å²) >= 11 is 3.42. The average Bonchev–Trinajstić information content (AvgIpc) is 2.30. The molecule has 0 radical (unpaired) electrons. The molecule has 1 saturated heterocycles. The molecule has 1 amide bonds. The minimum absolute atomic E-state index is 0.189. The van der Waals surface area contributed by atoms with E-state index in [1.807, 2.05) is 6.20 Å². The number of nitrogens with two attached hydrogens (primary N) is 1. The molecule has 4 nitrogen and oxygen atoms in total. The van der Waals surface area contributed by atoms with Gasteiger partial charge in [-0.3, -0.25) is 4.79 Å². The third kappa shape index (κ3) is 3.22. The number of carbonyl (C=O) groups excluding carboxylic acids is 1. The van der Waals surface area contributed by atoms with Crippen molar-refractivity contribution >= 4 is 27.7 Å². The lowest BCUT2D eigenvalue weighted by atomic mass is 9.93. The molecule has 0 aliphatic carbocycles. The number of pyridine rings is 1. The second kappa shape index (κ2) is 5.69. The molecule has 98 valence electrons. The lowest BCUT2D eigenvalue weighted by Gasteiger charge is -2.33. The summed E-state index contributed by atoms with van der Waals surface area (Å²) in [6, 6.07) is 2.08. The zero-order valence-corrected chi connectivity index (χ0v) is 12.1. The zero-order valence-electron chi connectivity index (χ0n) is 10.5. The van der Waals surface area contributed by atoms with Gasteiger partial charge in [-0.05, 0) is 53.2 Å². The van der Waals surface area contributed by atoms with Crippen LogP contribution in [0.15, 0.2) is 16.7 Å². The number of aryl methyl sites for hydroxylation is 1. The highest BCUT2D eigenvalue weighted by atomic mass is 79.9. The molecule has 0 aromatic carbocycles. The number of anilines is 1. The number of carbonyl (C=O) groups is 1. The van der Waals surface area contributed by atoms with Crippen LogP contribution in [-0.4, -0.2) is 24.0 Å². The fourth-order valence-corrected chi connectivity index (χ4v) is 2.94. The smallest absolute Gasteiger partial charge is 0.217 e. The van der Waals surface area contributed by atoms with Crippen molar-refractivity contribution in [3.63, 3.8) is 0 Å². The molecule has 1 aliphatic rings. The first-order valence-corrected chi connectivity index (χ1v) is 7.01. The van der Waals surface area contributed by atoms with Gasteiger partial charge in [-0.1, -0.05) is 0 Å².